The average molecular weight is 572 g/mol. The van der Waals surface area contributed by atoms with Crippen molar-refractivity contribution in [1.29, 1.82) is 0 Å². The van der Waals surface area contributed by atoms with Gasteiger partial charge in [-0.3, -0.25) is 9.59 Å². The zero-order valence-corrected chi connectivity index (χ0v) is 26.5. The second kappa shape index (κ2) is 25.1. The molecule has 0 amide bonds. The average Bonchev–Trinajstić information content (AvgIpc) is 2.87. The van der Waals surface area contributed by atoms with Crippen molar-refractivity contribution in [3.05, 3.63) is 0 Å². The van der Waals surface area contributed by atoms with E-state index < -0.39 is 24.1 Å². The molecular weight excluding hydrogens is 510 g/mol. The van der Waals surface area contributed by atoms with Crippen molar-refractivity contribution in [2.75, 3.05) is 41.0 Å². The SMILES string of the molecule is CCCCCCCCCCCCCCCCCCCC(=O)OC(COCCC(C(=O)[O-])[N+](C)(C)C)COC(C)=O. The molecule has 2 atom stereocenters. The Morgan fingerprint density at radius 2 is 1.15 bits per heavy atom. The third kappa shape index (κ3) is 24.2. The third-order valence-corrected chi connectivity index (χ3v) is 7.30. The molecule has 0 bridgehead atoms. The molecule has 0 aromatic carbocycles. The predicted molar refractivity (Wildman–Crippen MR) is 158 cm³/mol. The number of carboxylic acids is 1. The van der Waals surface area contributed by atoms with Crippen LogP contribution < -0.4 is 5.11 Å². The number of quaternary nitrogens is 1. The summed E-state index contributed by atoms with van der Waals surface area (Å²) in [5.41, 5.74) is 0. The zero-order chi connectivity index (χ0) is 30.1. The maximum atomic E-state index is 12.3. The van der Waals surface area contributed by atoms with Gasteiger partial charge in [-0.15, -0.1) is 0 Å². The summed E-state index contributed by atoms with van der Waals surface area (Å²) in [5.74, 6) is -1.93. The molecule has 0 fully saturated rings. The first-order valence-electron chi connectivity index (χ1n) is 16.0. The van der Waals surface area contributed by atoms with Gasteiger partial charge in [-0.1, -0.05) is 110 Å². The molecule has 0 aromatic rings. The first-order chi connectivity index (χ1) is 19.1. The molecule has 0 rings (SSSR count). The van der Waals surface area contributed by atoms with E-state index in [1.54, 1.807) is 21.1 Å². The lowest BCUT2D eigenvalue weighted by molar-refractivity contribution is -0.889. The quantitative estimate of drug-likeness (QED) is 0.0671. The molecule has 8 heteroatoms. The monoisotopic (exact) mass is 571 g/mol. The molecule has 0 aliphatic carbocycles. The van der Waals surface area contributed by atoms with Crippen molar-refractivity contribution < 1.29 is 38.2 Å². The van der Waals surface area contributed by atoms with E-state index in [2.05, 4.69) is 6.92 Å². The summed E-state index contributed by atoms with van der Waals surface area (Å²) >= 11 is 0. The highest BCUT2D eigenvalue weighted by Gasteiger charge is 2.25. The number of likely N-dealkylation sites (N-methyl/N-ethyl adjacent to an activating group) is 1. The second-order valence-corrected chi connectivity index (χ2v) is 12.1. The van der Waals surface area contributed by atoms with E-state index in [-0.39, 0.29) is 36.7 Å². The van der Waals surface area contributed by atoms with Crippen LogP contribution >= 0.6 is 0 Å². The van der Waals surface area contributed by atoms with Crippen LogP contribution in [0.1, 0.15) is 136 Å². The van der Waals surface area contributed by atoms with E-state index in [0.29, 0.717) is 6.42 Å². The molecule has 0 saturated carbocycles. The number of rotatable bonds is 28. The van der Waals surface area contributed by atoms with Gasteiger partial charge in [-0.25, -0.2) is 0 Å². The van der Waals surface area contributed by atoms with Crippen LogP contribution in [0, 0.1) is 0 Å². The fourth-order valence-corrected chi connectivity index (χ4v) is 4.80. The molecule has 0 spiro atoms. The first-order valence-corrected chi connectivity index (χ1v) is 16.0. The Labute approximate surface area is 245 Å². The van der Waals surface area contributed by atoms with E-state index in [1.807, 2.05) is 0 Å². The fourth-order valence-electron chi connectivity index (χ4n) is 4.80. The lowest BCUT2D eigenvalue weighted by Gasteiger charge is -2.34. The topological polar surface area (TPSA) is 102 Å². The lowest BCUT2D eigenvalue weighted by Crippen LogP contribution is -2.55. The number of hydrogen-bond donors (Lipinski definition) is 0. The highest BCUT2D eigenvalue weighted by Crippen LogP contribution is 2.15. The normalized spacial score (nSPS) is 13.1. The lowest BCUT2D eigenvalue weighted by atomic mass is 10.0. The van der Waals surface area contributed by atoms with Crippen LogP contribution in [0.15, 0.2) is 0 Å². The molecule has 0 aromatic heterocycles. The van der Waals surface area contributed by atoms with Gasteiger partial charge >= 0.3 is 11.9 Å². The standard InChI is InChI=1S/C32H61NO7/c1-6-7-8-9-10-11-12-13-14-15-16-17-18-19-20-21-22-23-31(35)40-29(27-39-28(2)34)26-38-25-24-30(32(36)37)33(3,4)5/h29-30H,6-27H2,1-5H3. The molecule has 0 N–H and O–H groups in total. The van der Waals surface area contributed by atoms with Gasteiger partial charge in [0.1, 0.15) is 12.6 Å². The smallest absolute Gasteiger partial charge is 0.306 e. The summed E-state index contributed by atoms with van der Waals surface area (Å²) in [6.45, 7) is 3.68. The van der Waals surface area contributed by atoms with Crippen molar-refractivity contribution in [2.24, 2.45) is 0 Å². The number of hydrogen-bond acceptors (Lipinski definition) is 7. The Morgan fingerprint density at radius 1 is 0.700 bits per heavy atom. The molecule has 0 aliphatic rings. The van der Waals surface area contributed by atoms with Crippen LogP contribution in [-0.4, -0.2) is 75.5 Å². The Hall–Kier alpha value is -1.67. The molecule has 0 aliphatic heterocycles. The Morgan fingerprint density at radius 3 is 1.55 bits per heavy atom. The highest BCUT2D eigenvalue weighted by molar-refractivity contribution is 5.70. The van der Waals surface area contributed by atoms with Gasteiger partial charge in [0, 0.05) is 19.8 Å². The number of esters is 2. The first kappa shape index (κ1) is 38.3. The van der Waals surface area contributed by atoms with Gasteiger partial charge in [-0.2, -0.15) is 0 Å². The number of carbonyl (C=O) groups excluding carboxylic acids is 3. The molecule has 0 saturated heterocycles. The molecule has 8 nitrogen and oxygen atoms in total. The Balaban J connectivity index is 3.89. The maximum absolute atomic E-state index is 12.3. The minimum Gasteiger partial charge on any atom is -0.544 e. The number of aliphatic carboxylic acids is 1. The van der Waals surface area contributed by atoms with Crippen LogP contribution in [0.3, 0.4) is 0 Å². The predicted octanol–water partition coefficient (Wildman–Crippen LogP) is 5.73. The number of unbranched alkanes of at least 4 members (excludes halogenated alkanes) is 16. The van der Waals surface area contributed by atoms with Gasteiger partial charge in [0.15, 0.2) is 6.10 Å². The summed E-state index contributed by atoms with van der Waals surface area (Å²) in [7, 11) is 5.35. The molecule has 236 valence electrons. The number of nitrogens with zero attached hydrogens (tertiary/aromatic N) is 1. The van der Waals surface area contributed by atoms with Crippen molar-refractivity contribution in [3.63, 3.8) is 0 Å². The van der Waals surface area contributed by atoms with Crippen molar-refractivity contribution in [1.82, 2.24) is 0 Å². The van der Waals surface area contributed by atoms with Crippen molar-refractivity contribution >= 4 is 17.9 Å². The van der Waals surface area contributed by atoms with E-state index in [1.165, 1.54) is 96.8 Å². The van der Waals surface area contributed by atoms with Crippen LogP contribution in [0.5, 0.6) is 0 Å². The van der Waals surface area contributed by atoms with Gasteiger partial charge in [0.2, 0.25) is 0 Å². The van der Waals surface area contributed by atoms with E-state index in [0.717, 1.165) is 19.3 Å². The fraction of sp³-hybridized carbons (Fsp3) is 0.906. The number of ether oxygens (including phenoxy) is 3. The van der Waals surface area contributed by atoms with Gasteiger partial charge in [0.25, 0.3) is 0 Å². The number of carboxylic acid groups (broad SMARTS) is 1. The summed E-state index contributed by atoms with van der Waals surface area (Å²) in [6, 6.07) is -0.714. The van der Waals surface area contributed by atoms with Crippen LogP contribution in [0.25, 0.3) is 0 Å². The van der Waals surface area contributed by atoms with Crippen LogP contribution in [0.2, 0.25) is 0 Å². The highest BCUT2D eigenvalue weighted by atomic mass is 16.6. The zero-order valence-electron chi connectivity index (χ0n) is 26.5. The molecular formula is C32H61NO7. The van der Waals surface area contributed by atoms with Crippen LogP contribution in [0.4, 0.5) is 0 Å². The van der Waals surface area contributed by atoms with E-state index >= 15 is 0 Å². The molecule has 0 heterocycles. The largest absolute Gasteiger partial charge is 0.544 e. The molecule has 40 heavy (non-hydrogen) atoms. The van der Waals surface area contributed by atoms with Crippen molar-refractivity contribution in [2.45, 2.75) is 148 Å². The van der Waals surface area contributed by atoms with Gasteiger partial charge in [0.05, 0.1) is 40.3 Å². The Bertz CT molecular complexity index is 648. The van der Waals surface area contributed by atoms with Crippen LogP contribution in [-0.2, 0) is 28.6 Å². The summed E-state index contributed by atoms with van der Waals surface area (Å²) < 4.78 is 16.3. The Kier molecular flexibility index (Phi) is 24.0. The maximum Gasteiger partial charge on any atom is 0.306 e. The second-order valence-electron chi connectivity index (χ2n) is 12.1. The van der Waals surface area contributed by atoms with Gasteiger partial charge < -0.3 is 28.6 Å². The van der Waals surface area contributed by atoms with Gasteiger partial charge in [-0.05, 0) is 6.42 Å². The summed E-state index contributed by atoms with van der Waals surface area (Å²) in [5, 5.41) is 11.4. The van der Waals surface area contributed by atoms with Crippen molar-refractivity contribution in [3.8, 4) is 0 Å². The van der Waals surface area contributed by atoms with E-state index in [9.17, 15) is 19.5 Å². The number of carbonyl (C=O) groups is 3. The summed E-state index contributed by atoms with van der Waals surface area (Å²) in [4.78, 5) is 34.9. The minimum atomic E-state index is -1.13. The third-order valence-electron chi connectivity index (χ3n) is 7.30. The van der Waals surface area contributed by atoms with E-state index in [4.69, 9.17) is 14.2 Å². The molecule has 0 radical (unpaired) electrons. The molecule has 2 unspecified atom stereocenters. The minimum absolute atomic E-state index is 0.0367. The summed E-state index contributed by atoms with van der Waals surface area (Å²) in [6.07, 6.45) is 21.7.